The molecule has 0 spiro atoms. The minimum atomic E-state index is 0.621. The number of anilines is 1. The molecule has 0 unspecified atom stereocenters. The van der Waals surface area contributed by atoms with Crippen LogP contribution < -0.4 is 4.90 Å². The predicted molar refractivity (Wildman–Crippen MR) is 82.9 cm³/mol. The molecule has 2 aromatic heterocycles. The molecule has 0 radical (unpaired) electrons. The van der Waals surface area contributed by atoms with Gasteiger partial charge in [-0.1, -0.05) is 13.3 Å². The molecular formula is C16H24N4. The van der Waals surface area contributed by atoms with E-state index in [0.29, 0.717) is 6.04 Å². The van der Waals surface area contributed by atoms with Crippen molar-refractivity contribution in [2.24, 2.45) is 13.0 Å². The second-order valence-corrected chi connectivity index (χ2v) is 6.05. The van der Waals surface area contributed by atoms with Gasteiger partial charge >= 0.3 is 0 Å². The van der Waals surface area contributed by atoms with Crippen LogP contribution in [0.1, 0.15) is 39.0 Å². The first-order chi connectivity index (χ1) is 9.70. The van der Waals surface area contributed by atoms with Crippen LogP contribution in [0.15, 0.2) is 18.6 Å². The lowest BCUT2D eigenvalue weighted by atomic mass is 9.84. The Labute approximate surface area is 120 Å². The summed E-state index contributed by atoms with van der Waals surface area (Å²) in [6, 6.07) is 2.75. The van der Waals surface area contributed by atoms with Gasteiger partial charge in [0, 0.05) is 26.3 Å². The molecule has 3 rings (SSSR count). The summed E-state index contributed by atoms with van der Waals surface area (Å²) in [6.45, 7) is 2.31. The number of aryl methyl sites for hydroxylation is 1. The van der Waals surface area contributed by atoms with E-state index in [4.69, 9.17) is 0 Å². The molecule has 0 bridgehead atoms. The third-order valence-electron chi connectivity index (χ3n) is 4.92. The summed E-state index contributed by atoms with van der Waals surface area (Å²) in [6.07, 6.45) is 10.4. The normalized spacial score (nSPS) is 23.1. The van der Waals surface area contributed by atoms with Crippen LogP contribution in [0, 0.1) is 5.92 Å². The van der Waals surface area contributed by atoms with Crippen molar-refractivity contribution < 1.29 is 0 Å². The molecule has 2 heterocycles. The summed E-state index contributed by atoms with van der Waals surface area (Å²) in [5.74, 6) is 2.01. The maximum atomic E-state index is 4.54. The molecule has 0 saturated heterocycles. The van der Waals surface area contributed by atoms with Gasteiger partial charge in [-0.25, -0.2) is 9.97 Å². The fourth-order valence-corrected chi connectivity index (χ4v) is 3.46. The van der Waals surface area contributed by atoms with Crippen LogP contribution in [0.5, 0.6) is 0 Å². The molecule has 2 aromatic rings. The molecular weight excluding hydrogens is 248 g/mol. The van der Waals surface area contributed by atoms with Gasteiger partial charge in [0.15, 0.2) is 0 Å². The lowest BCUT2D eigenvalue weighted by molar-refractivity contribution is 0.313. The van der Waals surface area contributed by atoms with Gasteiger partial charge in [0.05, 0.1) is 5.39 Å². The molecule has 20 heavy (non-hydrogen) atoms. The van der Waals surface area contributed by atoms with Crippen LogP contribution in [0.25, 0.3) is 11.0 Å². The first-order valence-corrected chi connectivity index (χ1v) is 7.69. The average molecular weight is 272 g/mol. The maximum Gasteiger partial charge on any atom is 0.145 e. The summed E-state index contributed by atoms with van der Waals surface area (Å²) < 4.78 is 2.06. The molecule has 4 nitrogen and oxygen atoms in total. The monoisotopic (exact) mass is 272 g/mol. The quantitative estimate of drug-likeness (QED) is 0.859. The number of aromatic nitrogens is 3. The summed E-state index contributed by atoms with van der Waals surface area (Å²) in [4.78, 5) is 11.3. The standard InChI is InChI=1S/C16H24N4/c1-4-12-5-7-13(8-6-12)20(3)16-14-9-10-19(2)15(14)17-11-18-16/h9-13H,4-8H2,1-3H3. The second-order valence-electron chi connectivity index (χ2n) is 6.05. The molecule has 0 aromatic carbocycles. The van der Waals surface area contributed by atoms with Crippen LogP contribution in [0.3, 0.4) is 0 Å². The number of hydrogen-bond acceptors (Lipinski definition) is 3. The van der Waals surface area contributed by atoms with Crippen molar-refractivity contribution in [1.29, 1.82) is 0 Å². The third kappa shape index (κ3) is 2.28. The number of hydrogen-bond donors (Lipinski definition) is 0. The molecule has 0 atom stereocenters. The van der Waals surface area contributed by atoms with Crippen LogP contribution in [0.2, 0.25) is 0 Å². The van der Waals surface area contributed by atoms with E-state index < -0.39 is 0 Å². The zero-order valence-electron chi connectivity index (χ0n) is 12.7. The zero-order valence-corrected chi connectivity index (χ0v) is 12.7. The first kappa shape index (κ1) is 13.4. The molecule has 1 aliphatic rings. The molecule has 0 aliphatic heterocycles. The Hall–Kier alpha value is -1.58. The van der Waals surface area contributed by atoms with E-state index in [-0.39, 0.29) is 0 Å². The largest absolute Gasteiger partial charge is 0.356 e. The van der Waals surface area contributed by atoms with Crippen molar-refractivity contribution in [2.45, 2.75) is 45.1 Å². The minimum absolute atomic E-state index is 0.621. The van der Waals surface area contributed by atoms with Gasteiger partial charge in [0.1, 0.15) is 17.8 Å². The van der Waals surface area contributed by atoms with E-state index in [0.717, 1.165) is 22.8 Å². The highest BCUT2D eigenvalue weighted by Crippen LogP contribution is 2.32. The highest BCUT2D eigenvalue weighted by atomic mass is 15.2. The van der Waals surface area contributed by atoms with E-state index in [2.05, 4.69) is 45.7 Å². The predicted octanol–water partition coefficient (Wildman–Crippen LogP) is 3.37. The van der Waals surface area contributed by atoms with Crippen LogP contribution in [-0.2, 0) is 7.05 Å². The van der Waals surface area contributed by atoms with Gasteiger partial charge in [0.25, 0.3) is 0 Å². The topological polar surface area (TPSA) is 34.0 Å². The second kappa shape index (κ2) is 5.43. The van der Waals surface area contributed by atoms with Crippen LogP contribution in [0.4, 0.5) is 5.82 Å². The van der Waals surface area contributed by atoms with Crippen LogP contribution in [-0.4, -0.2) is 27.6 Å². The minimum Gasteiger partial charge on any atom is -0.356 e. The van der Waals surface area contributed by atoms with E-state index in [1.165, 1.54) is 32.1 Å². The Morgan fingerprint density at radius 1 is 1.25 bits per heavy atom. The number of nitrogens with zero attached hydrogens (tertiary/aromatic N) is 4. The van der Waals surface area contributed by atoms with Crippen molar-refractivity contribution in [3.05, 3.63) is 18.6 Å². The fraction of sp³-hybridized carbons (Fsp3) is 0.625. The Morgan fingerprint density at radius 2 is 2.00 bits per heavy atom. The smallest absolute Gasteiger partial charge is 0.145 e. The number of rotatable bonds is 3. The Balaban J connectivity index is 1.84. The summed E-state index contributed by atoms with van der Waals surface area (Å²) in [5, 5.41) is 1.16. The van der Waals surface area contributed by atoms with Crippen molar-refractivity contribution in [3.63, 3.8) is 0 Å². The lowest BCUT2D eigenvalue weighted by Gasteiger charge is -2.35. The Kier molecular flexibility index (Phi) is 3.64. The lowest BCUT2D eigenvalue weighted by Crippen LogP contribution is -2.35. The summed E-state index contributed by atoms with van der Waals surface area (Å²) in [7, 11) is 4.22. The highest BCUT2D eigenvalue weighted by Gasteiger charge is 2.25. The molecule has 1 saturated carbocycles. The van der Waals surface area contributed by atoms with E-state index in [1.807, 2.05) is 7.05 Å². The van der Waals surface area contributed by atoms with Gasteiger partial charge in [-0.3, -0.25) is 0 Å². The van der Waals surface area contributed by atoms with Crippen molar-refractivity contribution >= 4 is 16.9 Å². The summed E-state index contributed by atoms with van der Waals surface area (Å²) >= 11 is 0. The maximum absolute atomic E-state index is 4.54. The van der Waals surface area contributed by atoms with E-state index >= 15 is 0 Å². The zero-order chi connectivity index (χ0) is 14.1. The number of fused-ring (bicyclic) bond motifs is 1. The SMILES string of the molecule is CCC1CCC(N(C)c2ncnc3c2ccn3C)CC1. The first-order valence-electron chi connectivity index (χ1n) is 7.69. The van der Waals surface area contributed by atoms with Crippen molar-refractivity contribution in [2.75, 3.05) is 11.9 Å². The van der Waals surface area contributed by atoms with Crippen molar-refractivity contribution in [1.82, 2.24) is 14.5 Å². The molecule has 0 amide bonds. The van der Waals surface area contributed by atoms with E-state index in [1.54, 1.807) is 6.33 Å². The molecule has 108 valence electrons. The Bertz CT molecular complexity index is 581. The van der Waals surface area contributed by atoms with Gasteiger partial charge in [-0.2, -0.15) is 0 Å². The van der Waals surface area contributed by atoms with Gasteiger partial charge in [-0.15, -0.1) is 0 Å². The molecule has 1 aliphatic carbocycles. The Morgan fingerprint density at radius 3 is 2.70 bits per heavy atom. The summed E-state index contributed by atoms with van der Waals surface area (Å²) in [5.41, 5.74) is 1.02. The fourth-order valence-electron chi connectivity index (χ4n) is 3.46. The van der Waals surface area contributed by atoms with Gasteiger partial charge in [-0.05, 0) is 37.7 Å². The van der Waals surface area contributed by atoms with Gasteiger partial charge < -0.3 is 9.47 Å². The molecule has 0 N–H and O–H groups in total. The van der Waals surface area contributed by atoms with Gasteiger partial charge in [0.2, 0.25) is 0 Å². The average Bonchev–Trinajstić information content (AvgIpc) is 2.88. The highest BCUT2D eigenvalue weighted by molar-refractivity contribution is 5.87. The molecule has 1 fully saturated rings. The van der Waals surface area contributed by atoms with E-state index in [9.17, 15) is 0 Å². The molecule has 4 heteroatoms. The third-order valence-corrected chi connectivity index (χ3v) is 4.92. The van der Waals surface area contributed by atoms with Crippen LogP contribution >= 0.6 is 0 Å². The van der Waals surface area contributed by atoms with Crippen molar-refractivity contribution in [3.8, 4) is 0 Å².